The predicted molar refractivity (Wildman–Crippen MR) is 67.2 cm³/mol. The summed E-state index contributed by atoms with van der Waals surface area (Å²) in [5.74, 6) is 0.518. The fraction of sp³-hybridized carbons (Fsp3) is 0.462. The standard InChI is InChI=1S/C13H18N2O2/c1-2-13(17)15-9-7-14(8-10-15)11-5-3-4-6-12(11)16/h3-6,16H,2,7-10H2,1H3. The molecule has 92 valence electrons. The maximum atomic E-state index is 11.5. The molecule has 1 N–H and O–H groups in total. The van der Waals surface area contributed by atoms with Crippen molar-refractivity contribution in [3.05, 3.63) is 24.3 Å². The lowest BCUT2D eigenvalue weighted by atomic mass is 10.2. The zero-order chi connectivity index (χ0) is 12.3. The molecule has 0 atom stereocenters. The molecular formula is C13H18N2O2. The molecule has 0 aromatic heterocycles. The van der Waals surface area contributed by atoms with Gasteiger partial charge in [0.25, 0.3) is 0 Å². The van der Waals surface area contributed by atoms with Gasteiger partial charge in [-0.2, -0.15) is 0 Å². The van der Waals surface area contributed by atoms with Gasteiger partial charge in [-0.05, 0) is 12.1 Å². The summed E-state index contributed by atoms with van der Waals surface area (Å²) in [6.45, 7) is 4.92. The molecule has 1 heterocycles. The first-order valence-electron chi connectivity index (χ1n) is 6.03. The van der Waals surface area contributed by atoms with E-state index in [1.807, 2.05) is 30.0 Å². The van der Waals surface area contributed by atoms with Crippen LogP contribution in [0.5, 0.6) is 5.75 Å². The number of aromatic hydroxyl groups is 1. The van der Waals surface area contributed by atoms with Crippen molar-refractivity contribution in [1.29, 1.82) is 0 Å². The number of para-hydroxylation sites is 2. The molecule has 1 amide bonds. The quantitative estimate of drug-likeness (QED) is 0.842. The number of benzene rings is 1. The molecule has 0 spiro atoms. The van der Waals surface area contributed by atoms with Crippen LogP contribution in [0.1, 0.15) is 13.3 Å². The van der Waals surface area contributed by atoms with Crippen LogP contribution in [0.3, 0.4) is 0 Å². The van der Waals surface area contributed by atoms with Crippen LogP contribution in [0.4, 0.5) is 5.69 Å². The van der Waals surface area contributed by atoms with E-state index in [1.165, 1.54) is 0 Å². The minimum absolute atomic E-state index is 0.210. The highest BCUT2D eigenvalue weighted by Crippen LogP contribution is 2.27. The summed E-state index contributed by atoms with van der Waals surface area (Å²) in [4.78, 5) is 15.5. The minimum Gasteiger partial charge on any atom is -0.506 e. The van der Waals surface area contributed by atoms with Gasteiger partial charge in [-0.25, -0.2) is 0 Å². The summed E-state index contributed by atoms with van der Waals surface area (Å²) >= 11 is 0. The molecule has 2 rings (SSSR count). The zero-order valence-electron chi connectivity index (χ0n) is 10.1. The molecule has 0 bridgehead atoms. The third kappa shape index (κ3) is 2.52. The Morgan fingerprint density at radius 3 is 2.47 bits per heavy atom. The summed E-state index contributed by atoms with van der Waals surface area (Å²) < 4.78 is 0. The Bertz CT molecular complexity index is 398. The minimum atomic E-state index is 0.210. The number of piperazine rings is 1. The molecule has 1 fully saturated rings. The van der Waals surface area contributed by atoms with Gasteiger partial charge in [0.05, 0.1) is 5.69 Å². The van der Waals surface area contributed by atoms with E-state index in [2.05, 4.69) is 4.90 Å². The Balaban J connectivity index is 2.00. The van der Waals surface area contributed by atoms with Crippen LogP contribution < -0.4 is 4.90 Å². The van der Waals surface area contributed by atoms with E-state index in [1.54, 1.807) is 6.07 Å². The lowest BCUT2D eigenvalue weighted by Crippen LogP contribution is -2.48. The third-order valence-electron chi connectivity index (χ3n) is 3.16. The van der Waals surface area contributed by atoms with Gasteiger partial charge in [-0.3, -0.25) is 4.79 Å². The van der Waals surface area contributed by atoms with E-state index in [0.717, 1.165) is 31.9 Å². The largest absolute Gasteiger partial charge is 0.506 e. The average molecular weight is 234 g/mol. The maximum absolute atomic E-state index is 11.5. The lowest BCUT2D eigenvalue weighted by Gasteiger charge is -2.36. The summed E-state index contributed by atoms with van der Waals surface area (Å²) in [5, 5.41) is 9.76. The first kappa shape index (κ1) is 11.8. The lowest BCUT2D eigenvalue weighted by molar-refractivity contribution is -0.131. The molecule has 1 saturated heterocycles. The van der Waals surface area contributed by atoms with Gasteiger partial charge in [-0.1, -0.05) is 19.1 Å². The van der Waals surface area contributed by atoms with E-state index < -0.39 is 0 Å². The molecule has 17 heavy (non-hydrogen) atoms. The van der Waals surface area contributed by atoms with E-state index >= 15 is 0 Å². The molecule has 4 nitrogen and oxygen atoms in total. The molecule has 1 aliphatic heterocycles. The molecule has 1 aliphatic rings. The van der Waals surface area contributed by atoms with E-state index in [4.69, 9.17) is 0 Å². The van der Waals surface area contributed by atoms with Crippen molar-refractivity contribution >= 4 is 11.6 Å². The van der Waals surface area contributed by atoms with Crippen LogP contribution in [-0.2, 0) is 4.79 Å². The SMILES string of the molecule is CCC(=O)N1CCN(c2ccccc2O)CC1. The van der Waals surface area contributed by atoms with Crippen LogP contribution in [0.2, 0.25) is 0 Å². The molecule has 0 saturated carbocycles. The molecule has 1 aromatic carbocycles. The molecule has 4 heteroatoms. The van der Waals surface area contributed by atoms with Crippen LogP contribution in [0.25, 0.3) is 0 Å². The fourth-order valence-electron chi connectivity index (χ4n) is 2.15. The molecular weight excluding hydrogens is 216 g/mol. The van der Waals surface area contributed by atoms with E-state index in [9.17, 15) is 9.90 Å². The second-order valence-electron chi connectivity index (χ2n) is 4.21. The number of rotatable bonds is 2. The normalized spacial score (nSPS) is 16.1. The van der Waals surface area contributed by atoms with Gasteiger partial charge >= 0.3 is 0 Å². The number of amides is 1. The number of nitrogens with zero attached hydrogens (tertiary/aromatic N) is 2. The summed E-state index contributed by atoms with van der Waals surface area (Å²) in [5.41, 5.74) is 0.857. The monoisotopic (exact) mass is 234 g/mol. The Labute approximate surface area is 101 Å². The fourth-order valence-corrected chi connectivity index (χ4v) is 2.15. The summed E-state index contributed by atoms with van der Waals surface area (Å²) in [6, 6.07) is 7.33. The van der Waals surface area contributed by atoms with Crippen LogP contribution >= 0.6 is 0 Å². The summed E-state index contributed by atoms with van der Waals surface area (Å²) in [7, 11) is 0. The van der Waals surface area contributed by atoms with E-state index in [-0.39, 0.29) is 5.91 Å². The number of hydrogen-bond donors (Lipinski definition) is 1. The van der Waals surface area contributed by atoms with Gasteiger partial charge in [0.1, 0.15) is 5.75 Å². The molecule has 1 aromatic rings. The number of phenolic OH excluding ortho intramolecular Hbond substituents is 1. The topological polar surface area (TPSA) is 43.8 Å². The first-order chi connectivity index (χ1) is 8.22. The highest BCUT2D eigenvalue weighted by Gasteiger charge is 2.21. The van der Waals surface area contributed by atoms with Crippen molar-refractivity contribution in [3.63, 3.8) is 0 Å². The van der Waals surface area contributed by atoms with Crippen LogP contribution in [0.15, 0.2) is 24.3 Å². The third-order valence-corrected chi connectivity index (χ3v) is 3.16. The number of phenols is 1. The number of carbonyl (C=O) groups is 1. The van der Waals surface area contributed by atoms with Crippen LogP contribution in [0, 0.1) is 0 Å². The molecule has 0 radical (unpaired) electrons. The number of anilines is 1. The van der Waals surface area contributed by atoms with Crippen molar-refractivity contribution in [2.45, 2.75) is 13.3 Å². The molecule has 0 unspecified atom stereocenters. The van der Waals surface area contributed by atoms with Crippen molar-refractivity contribution in [2.24, 2.45) is 0 Å². The highest BCUT2D eigenvalue weighted by atomic mass is 16.3. The van der Waals surface area contributed by atoms with Gasteiger partial charge < -0.3 is 14.9 Å². The van der Waals surface area contributed by atoms with Crippen LogP contribution in [-0.4, -0.2) is 42.1 Å². The van der Waals surface area contributed by atoms with Gasteiger partial charge in [0.2, 0.25) is 5.91 Å². The Morgan fingerprint density at radius 1 is 1.24 bits per heavy atom. The Kier molecular flexibility index (Phi) is 3.52. The number of carbonyl (C=O) groups excluding carboxylic acids is 1. The van der Waals surface area contributed by atoms with Crippen molar-refractivity contribution in [1.82, 2.24) is 4.90 Å². The van der Waals surface area contributed by atoms with Gasteiger partial charge in [-0.15, -0.1) is 0 Å². The maximum Gasteiger partial charge on any atom is 0.222 e. The van der Waals surface area contributed by atoms with Crippen molar-refractivity contribution in [3.8, 4) is 5.75 Å². The average Bonchev–Trinajstić information content (AvgIpc) is 2.39. The molecule has 0 aliphatic carbocycles. The Hall–Kier alpha value is -1.71. The second-order valence-corrected chi connectivity index (χ2v) is 4.21. The van der Waals surface area contributed by atoms with E-state index in [0.29, 0.717) is 12.2 Å². The smallest absolute Gasteiger partial charge is 0.222 e. The van der Waals surface area contributed by atoms with Gasteiger partial charge in [0.15, 0.2) is 0 Å². The zero-order valence-corrected chi connectivity index (χ0v) is 10.1. The van der Waals surface area contributed by atoms with Crippen molar-refractivity contribution < 1.29 is 9.90 Å². The summed E-state index contributed by atoms with van der Waals surface area (Å²) in [6.07, 6.45) is 0.566. The van der Waals surface area contributed by atoms with Gasteiger partial charge in [0, 0.05) is 32.6 Å². The first-order valence-corrected chi connectivity index (χ1v) is 6.03. The van der Waals surface area contributed by atoms with Crippen molar-refractivity contribution in [2.75, 3.05) is 31.1 Å². The Morgan fingerprint density at radius 2 is 1.88 bits per heavy atom. The highest BCUT2D eigenvalue weighted by molar-refractivity contribution is 5.76. The number of hydrogen-bond acceptors (Lipinski definition) is 3. The predicted octanol–water partition coefficient (Wildman–Crippen LogP) is 1.45. The second kappa shape index (κ2) is 5.08.